The van der Waals surface area contributed by atoms with Gasteiger partial charge in [-0.25, -0.2) is 0 Å². The molecular formula is C20H18ClN3O2. The molecule has 1 atom stereocenters. The number of nitrogens with one attached hydrogen (secondary N) is 1. The van der Waals surface area contributed by atoms with Gasteiger partial charge >= 0.3 is 0 Å². The molecule has 0 unspecified atom stereocenters. The Labute approximate surface area is 156 Å². The topological polar surface area (TPSA) is 61.8 Å². The van der Waals surface area contributed by atoms with E-state index in [-0.39, 0.29) is 24.3 Å². The highest BCUT2D eigenvalue weighted by Gasteiger charge is 2.36. The fourth-order valence-electron chi connectivity index (χ4n) is 3.55. The number of para-hydroxylation sites is 2. The normalized spacial score (nSPS) is 18.7. The Morgan fingerprint density at radius 3 is 2.92 bits per heavy atom. The second-order valence-electron chi connectivity index (χ2n) is 6.52. The summed E-state index contributed by atoms with van der Waals surface area (Å²) in [6.45, 7) is -0.0539. The van der Waals surface area contributed by atoms with Crippen molar-refractivity contribution in [3.8, 4) is 0 Å². The average molecular weight is 368 g/mol. The number of rotatable bonds is 3. The molecular weight excluding hydrogens is 350 g/mol. The van der Waals surface area contributed by atoms with Crippen LogP contribution in [-0.2, 0) is 9.59 Å². The summed E-state index contributed by atoms with van der Waals surface area (Å²) in [6.07, 6.45) is 2.59. The molecule has 2 amide bonds. The second kappa shape index (κ2) is 6.92. The average Bonchev–Trinajstić information content (AvgIpc) is 3.04. The van der Waals surface area contributed by atoms with Gasteiger partial charge in [-0.1, -0.05) is 29.8 Å². The van der Waals surface area contributed by atoms with E-state index in [4.69, 9.17) is 16.6 Å². The monoisotopic (exact) mass is 367 g/mol. The van der Waals surface area contributed by atoms with E-state index in [0.717, 1.165) is 30.7 Å². The molecule has 0 aromatic heterocycles. The first-order valence-corrected chi connectivity index (χ1v) is 9.03. The Kier molecular flexibility index (Phi) is 4.47. The molecule has 6 heteroatoms. The quantitative estimate of drug-likeness (QED) is 0.883. The standard InChI is InChI=1S/C20H18ClN3O2/c21-13-5-3-6-14(11-13)22-19(25)12-24-18-10-2-1-8-17(18)23-16-9-4-7-15(16)20(24)26/h1-3,5-6,8,10-11,15H,4,7,9,12H2,(H,22,25)/t15-/m0/s1. The number of amides is 2. The molecule has 4 rings (SSSR count). The predicted octanol–water partition coefficient (Wildman–Crippen LogP) is 4.20. The Hall–Kier alpha value is -2.66. The summed E-state index contributed by atoms with van der Waals surface area (Å²) in [7, 11) is 0. The van der Waals surface area contributed by atoms with Crippen molar-refractivity contribution in [2.75, 3.05) is 16.8 Å². The van der Waals surface area contributed by atoms with Crippen LogP contribution >= 0.6 is 11.6 Å². The summed E-state index contributed by atoms with van der Waals surface area (Å²) >= 11 is 5.96. The molecule has 2 aromatic rings. The van der Waals surface area contributed by atoms with Crippen molar-refractivity contribution in [2.24, 2.45) is 10.9 Å². The van der Waals surface area contributed by atoms with Crippen molar-refractivity contribution in [2.45, 2.75) is 19.3 Å². The maximum absolute atomic E-state index is 13.1. The highest BCUT2D eigenvalue weighted by Crippen LogP contribution is 2.37. The molecule has 1 heterocycles. The van der Waals surface area contributed by atoms with Crippen molar-refractivity contribution in [3.63, 3.8) is 0 Å². The second-order valence-corrected chi connectivity index (χ2v) is 6.96. The predicted molar refractivity (Wildman–Crippen MR) is 103 cm³/mol. The van der Waals surface area contributed by atoms with E-state index in [0.29, 0.717) is 16.4 Å². The largest absolute Gasteiger partial charge is 0.324 e. The number of hydrogen-bond acceptors (Lipinski definition) is 3. The number of aliphatic imine (C=N–C) groups is 1. The zero-order valence-corrected chi connectivity index (χ0v) is 14.9. The zero-order valence-electron chi connectivity index (χ0n) is 14.1. The number of nitrogens with zero attached hydrogens (tertiary/aromatic N) is 2. The molecule has 1 N–H and O–H groups in total. The van der Waals surface area contributed by atoms with Crippen LogP contribution in [0.15, 0.2) is 53.5 Å². The van der Waals surface area contributed by atoms with Gasteiger partial charge in [-0.3, -0.25) is 14.6 Å². The number of hydrogen-bond donors (Lipinski definition) is 1. The zero-order chi connectivity index (χ0) is 18.1. The van der Waals surface area contributed by atoms with Crippen molar-refractivity contribution < 1.29 is 9.59 Å². The maximum Gasteiger partial charge on any atom is 0.244 e. The SMILES string of the molecule is O=C(CN1C(=O)[C@H]2CCCC2=Nc2ccccc21)Nc1cccc(Cl)c1. The number of anilines is 2. The summed E-state index contributed by atoms with van der Waals surface area (Å²) in [5, 5.41) is 3.35. The van der Waals surface area contributed by atoms with Crippen LogP contribution in [0.1, 0.15) is 19.3 Å². The lowest BCUT2D eigenvalue weighted by molar-refractivity contribution is -0.122. The summed E-state index contributed by atoms with van der Waals surface area (Å²) in [4.78, 5) is 31.9. The molecule has 1 fully saturated rings. The Morgan fingerprint density at radius 1 is 1.23 bits per heavy atom. The van der Waals surface area contributed by atoms with E-state index in [1.54, 1.807) is 29.2 Å². The van der Waals surface area contributed by atoms with Crippen molar-refractivity contribution in [3.05, 3.63) is 53.6 Å². The fourth-order valence-corrected chi connectivity index (χ4v) is 3.74. The van der Waals surface area contributed by atoms with Gasteiger partial charge in [-0.05, 0) is 49.6 Å². The minimum absolute atomic E-state index is 0.0487. The van der Waals surface area contributed by atoms with Crippen LogP contribution < -0.4 is 10.2 Å². The van der Waals surface area contributed by atoms with Gasteiger partial charge < -0.3 is 10.2 Å². The third-order valence-corrected chi connectivity index (χ3v) is 4.97. The van der Waals surface area contributed by atoms with Crippen molar-refractivity contribution in [1.82, 2.24) is 0 Å². The Balaban J connectivity index is 1.61. The summed E-state index contributed by atoms with van der Waals surface area (Å²) in [5.41, 5.74) is 2.97. The van der Waals surface area contributed by atoms with E-state index in [2.05, 4.69) is 5.32 Å². The molecule has 132 valence electrons. The van der Waals surface area contributed by atoms with E-state index >= 15 is 0 Å². The number of halogens is 1. The summed E-state index contributed by atoms with van der Waals surface area (Å²) < 4.78 is 0. The van der Waals surface area contributed by atoms with E-state index < -0.39 is 0 Å². The van der Waals surface area contributed by atoms with Crippen LogP contribution in [0.5, 0.6) is 0 Å². The van der Waals surface area contributed by atoms with E-state index in [1.807, 2.05) is 24.3 Å². The number of carbonyl (C=O) groups is 2. The minimum Gasteiger partial charge on any atom is -0.324 e. The highest BCUT2D eigenvalue weighted by atomic mass is 35.5. The lowest BCUT2D eigenvalue weighted by Gasteiger charge is -2.24. The number of benzene rings is 2. The first-order chi connectivity index (χ1) is 12.6. The Bertz CT molecular complexity index is 909. The molecule has 2 aromatic carbocycles. The lowest BCUT2D eigenvalue weighted by atomic mass is 10.1. The highest BCUT2D eigenvalue weighted by molar-refractivity contribution is 6.31. The summed E-state index contributed by atoms with van der Waals surface area (Å²) in [5.74, 6) is -0.536. The van der Waals surface area contributed by atoms with Gasteiger partial charge in [0.2, 0.25) is 11.8 Å². The van der Waals surface area contributed by atoms with Gasteiger partial charge in [0.25, 0.3) is 0 Å². The van der Waals surface area contributed by atoms with Gasteiger partial charge in [-0.2, -0.15) is 0 Å². The number of fused-ring (bicyclic) bond motifs is 2. The van der Waals surface area contributed by atoms with E-state index in [9.17, 15) is 9.59 Å². The molecule has 26 heavy (non-hydrogen) atoms. The molecule has 2 aliphatic rings. The van der Waals surface area contributed by atoms with Crippen LogP contribution in [0.3, 0.4) is 0 Å². The van der Waals surface area contributed by atoms with Crippen LogP contribution in [0, 0.1) is 5.92 Å². The van der Waals surface area contributed by atoms with Gasteiger partial charge in [0.15, 0.2) is 0 Å². The first-order valence-electron chi connectivity index (χ1n) is 8.65. The van der Waals surface area contributed by atoms with Gasteiger partial charge in [0.1, 0.15) is 6.54 Å². The van der Waals surface area contributed by atoms with Gasteiger partial charge in [-0.15, -0.1) is 0 Å². The maximum atomic E-state index is 13.1. The molecule has 0 spiro atoms. The third kappa shape index (κ3) is 3.22. The van der Waals surface area contributed by atoms with E-state index in [1.165, 1.54) is 0 Å². The van der Waals surface area contributed by atoms with Crippen molar-refractivity contribution in [1.29, 1.82) is 0 Å². The van der Waals surface area contributed by atoms with Crippen LogP contribution in [0.25, 0.3) is 0 Å². The van der Waals surface area contributed by atoms with Crippen LogP contribution in [-0.4, -0.2) is 24.1 Å². The smallest absolute Gasteiger partial charge is 0.244 e. The minimum atomic E-state index is -0.267. The van der Waals surface area contributed by atoms with Gasteiger partial charge in [0.05, 0.1) is 17.3 Å². The van der Waals surface area contributed by atoms with Crippen molar-refractivity contribution >= 4 is 46.2 Å². The molecule has 1 aliphatic carbocycles. The number of carbonyl (C=O) groups excluding carboxylic acids is 2. The Morgan fingerprint density at radius 2 is 2.08 bits per heavy atom. The van der Waals surface area contributed by atoms with Gasteiger partial charge in [0, 0.05) is 16.4 Å². The molecule has 0 saturated heterocycles. The first kappa shape index (κ1) is 16.8. The summed E-state index contributed by atoms with van der Waals surface area (Å²) in [6, 6.07) is 14.4. The molecule has 0 bridgehead atoms. The molecule has 0 radical (unpaired) electrons. The lowest BCUT2D eigenvalue weighted by Crippen LogP contribution is -2.41. The fraction of sp³-hybridized carbons (Fsp3) is 0.250. The van der Waals surface area contributed by atoms with Crippen LogP contribution in [0.4, 0.5) is 17.1 Å². The third-order valence-electron chi connectivity index (χ3n) is 4.74. The molecule has 1 saturated carbocycles. The molecule has 5 nitrogen and oxygen atoms in total. The van der Waals surface area contributed by atoms with Crippen LogP contribution in [0.2, 0.25) is 5.02 Å². The molecule has 1 aliphatic heterocycles.